The van der Waals surface area contributed by atoms with Gasteiger partial charge in [0.15, 0.2) is 11.6 Å². The van der Waals surface area contributed by atoms with Crippen molar-refractivity contribution < 1.29 is 27.3 Å². The van der Waals surface area contributed by atoms with Crippen LogP contribution in [0.1, 0.15) is 53.1 Å². The van der Waals surface area contributed by atoms with E-state index in [2.05, 4.69) is 9.62 Å². The SMILES string of the molecule is COc1ccc(CN2CCC(COc3cc(F)c(C(=O)NS(C)=O)cc3C3CC3)CC2)cc1F. The molecule has 1 heterocycles. The Labute approximate surface area is 201 Å². The van der Waals surface area contributed by atoms with Crippen LogP contribution in [-0.4, -0.2) is 48.1 Å². The molecule has 6 nitrogen and oxygen atoms in total. The molecule has 2 aromatic carbocycles. The summed E-state index contributed by atoms with van der Waals surface area (Å²) in [5.41, 5.74) is 1.65. The summed E-state index contributed by atoms with van der Waals surface area (Å²) >= 11 is 0. The molecule has 4 rings (SSSR count). The number of hydrogen-bond acceptors (Lipinski definition) is 5. The zero-order chi connectivity index (χ0) is 24.2. The van der Waals surface area contributed by atoms with E-state index in [0.29, 0.717) is 24.8 Å². The molecular formula is C25H30F2N2O4S. The van der Waals surface area contributed by atoms with Gasteiger partial charge in [0.25, 0.3) is 5.91 Å². The van der Waals surface area contributed by atoms with Crippen LogP contribution in [0.3, 0.4) is 0 Å². The normalized spacial score (nSPS) is 17.9. The smallest absolute Gasteiger partial charge is 0.265 e. The number of methoxy groups -OCH3 is 1. The maximum absolute atomic E-state index is 14.6. The minimum Gasteiger partial charge on any atom is -0.494 e. The van der Waals surface area contributed by atoms with Crippen molar-refractivity contribution >= 4 is 16.9 Å². The van der Waals surface area contributed by atoms with Crippen LogP contribution in [0.2, 0.25) is 0 Å². The minimum absolute atomic E-state index is 0.104. The fourth-order valence-corrected chi connectivity index (χ4v) is 4.73. The number of rotatable bonds is 9. The molecule has 1 saturated heterocycles. The first kappa shape index (κ1) is 24.6. The van der Waals surface area contributed by atoms with Crippen molar-refractivity contribution in [2.24, 2.45) is 5.92 Å². The molecule has 34 heavy (non-hydrogen) atoms. The van der Waals surface area contributed by atoms with Gasteiger partial charge in [-0.3, -0.25) is 14.4 Å². The number of carbonyl (C=O) groups excluding carboxylic acids is 1. The van der Waals surface area contributed by atoms with Gasteiger partial charge in [-0.2, -0.15) is 0 Å². The van der Waals surface area contributed by atoms with Crippen LogP contribution in [0.25, 0.3) is 0 Å². The maximum Gasteiger partial charge on any atom is 0.265 e. The predicted octanol–water partition coefficient (Wildman–Crippen LogP) is 4.17. The number of amides is 1. The van der Waals surface area contributed by atoms with Gasteiger partial charge in [0.1, 0.15) is 22.6 Å². The molecule has 0 radical (unpaired) electrons. The quantitative estimate of drug-likeness (QED) is 0.569. The second-order valence-electron chi connectivity index (χ2n) is 9.03. The van der Waals surface area contributed by atoms with Gasteiger partial charge in [-0.1, -0.05) is 6.07 Å². The predicted molar refractivity (Wildman–Crippen MR) is 126 cm³/mol. The van der Waals surface area contributed by atoms with Crippen molar-refractivity contribution in [1.29, 1.82) is 0 Å². The topological polar surface area (TPSA) is 67.9 Å². The number of halogens is 2. The molecule has 184 valence electrons. The minimum atomic E-state index is -1.56. The molecule has 1 atom stereocenters. The number of ether oxygens (including phenoxy) is 2. The molecule has 1 saturated carbocycles. The van der Waals surface area contributed by atoms with E-state index in [0.717, 1.165) is 49.9 Å². The fraction of sp³-hybridized carbons (Fsp3) is 0.480. The van der Waals surface area contributed by atoms with Crippen molar-refractivity contribution in [2.45, 2.75) is 38.1 Å². The second kappa shape index (κ2) is 10.8. The summed E-state index contributed by atoms with van der Waals surface area (Å²) in [7, 11) is -0.111. The van der Waals surface area contributed by atoms with Gasteiger partial charge in [0, 0.05) is 18.9 Å². The summed E-state index contributed by atoms with van der Waals surface area (Å²) in [6.07, 6.45) is 5.15. The Morgan fingerprint density at radius 2 is 1.82 bits per heavy atom. The molecule has 0 aromatic heterocycles. The zero-order valence-electron chi connectivity index (χ0n) is 19.4. The highest BCUT2D eigenvalue weighted by atomic mass is 32.2. The molecule has 1 aliphatic heterocycles. The number of nitrogens with zero attached hydrogens (tertiary/aromatic N) is 1. The highest BCUT2D eigenvalue weighted by Crippen LogP contribution is 2.45. The lowest BCUT2D eigenvalue weighted by atomic mass is 9.97. The Morgan fingerprint density at radius 3 is 2.44 bits per heavy atom. The third-order valence-corrected chi connectivity index (χ3v) is 6.87. The van der Waals surface area contributed by atoms with Gasteiger partial charge in [0.05, 0.1) is 19.3 Å². The number of carbonyl (C=O) groups is 1. The number of hydrogen-bond donors (Lipinski definition) is 1. The van der Waals surface area contributed by atoms with Crippen LogP contribution in [0.5, 0.6) is 11.5 Å². The van der Waals surface area contributed by atoms with Gasteiger partial charge < -0.3 is 9.47 Å². The summed E-state index contributed by atoms with van der Waals surface area (Å²) in [5.74, 6) is -0.375. The van der Waals surface area contributed by atoms with Crippen molar-refractivity contribution in [1.82, 2.24) is 9.62 Å². The largest absolute Gasteiger partial charge is 0.494 e. The molecule has 2 aromatic rings. The molecule has 1 amide bonds. The number of piperidine rings is 1. The first-order chi connectivity index (χ1) is 16.3. The van der Waals surface area contributed by atoms with Gasteiger partial charge in [0.2, 0.25) is 0 Å². The van der Waals surface area contributed by atoms with E-state index in [9.17, 15) is 17.8 Å². The van der Waals surface area contributed by atoms with E-state index < -0.39 is 22.7 Å². The van der Waals surface area contributed by atoms with E-state index >= 15 is 0 Å². The Balaban J connectivity index is 1.33. The molecule has 9 heteroatoms. The number of benzene rings is 2. The molecule has 1 N–H and O–H groups in total. The first-order valence-corrected chi connectivity index (χ1v) is 13.0. The summed E-state index contributed by atoms with van der Waals surface area (Å²) in [4.78, 5) is 14.5. The highest BCUT2D eigenvalue weighted by Gasteiger charge is 2.30. The Bertz CT molecular complexity index is 1070. The molecule has 0 bridgehead atoms. The van der Waals surface area contributed by atoms with Crippen molar-refractivity contribution in [3.05, 3.63) is 58.7 Å². The molecule has 1 unspecified atom stereocenters. The van der Waals surface area contributed by atoms with Crippen molar-refractivity contribution in [3.63, 3.8) is 0 Å². The average molecular weight is 493 g/mol. The molecular weight excluding hydrogens is 462 g/mol. The third-order valence-electron chi connectivity index (χ3n) is 6.40. The number of nitrogens with one attached hydrogen (secondary N) is 1. The Morgan fingerprint density at radius 1 is 1.09 bits per heavy atom. The highest BCUT2D eigenvalue weighted by molar-refractivity contribution is 7.82. The van der Waals surface area contributed by atoms with E-state index in [4.69, 9.17) is 9.47 Å². The monoisotopic (exact) mass is 492 g/mol. The van der Waals surface area contributed by atoms with Crippen LogP contribution >= 0.6 is 0 Å². The van der Waals surface area contributed by atoms with E-state index in [1.165, 1.54) is 25.5 Å². The molecule has 2 fully saturated rings. The van der Waals surface area contributed by atoms with Crippen LogP contribution in [0.15, 0.2) is 30.3 Å². The summed E-state index contributed by atoms with van der Waals surface area (Å²) < 4.78 is 53.1. The van der Waals surface area contributed by atoms with Crippen molar-refractivity contribution in [3.8, 4) is 11.5 Å². The fourth-order valence-electron chi connectivity index (χ4n) is 4.35. The Kier molecular flexibility index (Phi) is 7.83. The summed E-state index contributed by atoms with van der Waals surface area (Å²) in [5, 5.41) is 0. The zero-order valence-corrected chi connectivity index (χ0v) is 20.3. The molecule has 0 spiro atoms. The van der Waals surface area contributed by atoms with Gasteiger partial charge in [-0.15, -0.1) is 0 Å². The summed E-state index contributed by atoms with van der Waals surface area (Å²) in [6.45, 7) is 2.91. The standard InChI is InChI=1S/C25H30F2N2O4S/c1-32-23-6-3-17(11-22(23)27)14-29-9-7-16(8-10-29)15-33-24-13-21(26)20(25(30)28-34(2)31)12-19(24)18-4-5-18/h3,6,11-13,16,18H,4-5,7-10,14-15H2,1-2H3,(H,28,30). The van der Waals surface area contributed by atoms with E-state index in [-0.39, 0.29) is 23.0 Å². The van der Waals surface area contributed by atoms with Crippen molar-refractivity contribution in [2.75, 3.05) is 33.1 Å². The summed E-state index contributed by atoms with van der Waals surface area (Å²) in [6, 6.07) is 7.88. The van der Waals surface area contributed by atoms with E-state index in [1.54, 1.807) is 12.1 Å². The van der Waals surface area contributed by atoms with E-state index in [1.807, 2.05) is 6.07 Å². The molecule has 1 aliphatic carbocycles. The van der Waals surface area contributed by atoms with Gasteiger partial charge in [-0.25, -0.2) is 13.0 Å². The first-order valence-electron chi connectivity index (χ1n) is 11.5. The Hall–Kier alpha value is -2.52. The van der Waals surface area contributed by atoms with Crippen LogP contribution in [0, 0.1) is 17.6 Å². The third kappa shape index (κ3) is 6.13. The van der Waals surface area contributed by atoms with Gasteiger partial charge >= 0.3 is 0 Å². The average Bonchev–Trinajstić information content (AvgIpc) is 3.63. The second-order valence-corrected chi connectivity index (χ2v) is 10.1. The van der Waals surface area contributed by atoms with Crippen LogP contribution in [0.4, 0.5) is 8.78 Å². The van der Waals surface area contributed by atoms with Crippen LogP contribution in [-0.2, 0) is 17.5 Å². The lowest BCUT2D eigenvalue weighted by molar-refractivity contribution is 0.0979. The lowest BCUT2D eigenvalue weighted by Gasteiger charge is -2.32. The van der Waals surface area contributed by atoms with Gasteiger partial charge in [-0.05, 0) is 79.9 Å². The van der Waals surface area contributed by atoms with Crippen LogP contribution < -0.4 is 14.2 Å². The molecule has 2 aliphatic rings. The lowest BCUT2D eigenvalue weighted by Crippen LogP contribution is -2.35. The maximum atomic E-state index is 14.6. The number of likely N-dealkylation sites (tertiary alicyclic amines) is 1.